The third-order valence-corrected chi connectivity index (χ3v) is 3.29. The van der Waals surface area contributed by atoms with Gasteiger partial charge in [0.2, 0.25) is 5.91 Å². The van der Waals surface area contributed by atoms with Crippen LogP contribution >= 0.6 is 0 Å². The van der Waals surface area contributed by atoms with E-state index in [1.165, 1.54) is 0 Å². The van der Waals surface area contributed by atoms with E-state index in [0.29, 0.717) is 26.3 Å². The predicted octanol–water partition coefficient (Wildman–Crippen LogP) is 1.27. The zero-order valence-electron chi connectivity index (χ0n) is 11.7. The highest BCUT2D eigenvalue weighted by molar-refractivity contribution is 5.77. The van der Waals surface area contributed by atoms with Gasteiger partial charge in [0.1, 0.15) is 6.61 Å². The smallest absolute Gasteiger partial charge is 0.249 e. The first-order chi connectivity index (χ1) is 9.24. The van der Waals surface area contributed by atoms with Crippen molar-refractivity contribution in [2.75, 3.05) is 26.4 Å². The maximum absolute atomic E-state index is 12.1. The van der Waals surface area contributed by atoms with Gasteiger partial charge >= 0.3 is 0 Å². The largest absolute Gasteiger partial charge is 0.375 e. The molecule has 0 saturated heterocycles. The van der Waals surface area contributed by atoms with Gasteiger partial charge in [-0.1, -0.05) is 0 Å². The third-order valence-electron chi connectivity index (χ3n) is 3.29. The van der Waals surface area contributed by atoms with E-state index in [0.717, 1.165) is 12.2 Å². The molecule has 1 atom stereocenters. The van der Waals surface area contributed by atoms with Crippen LogP contribution in [0.15, 0.2) is 18.3 Å². The topological polar surface area (TPSA) is 43.7 Å². The second-order valence-electron chi connectivity index (χ2n) is 4.64. The minimum Gasteiger partial charge on any atom is -0.375 e. The Kier molecular flexibility index (Phi) is 4.99. The van der Waals surface area contributed by atoms with Gasteiger partial charge in [-0.3, -0.25) is 4.79 Å². The van der Waals surface area contributed by atoms with Crippen molar-refractivity contribution in [3.63, 3.8) is 0 Å². The number of rotatable bonds is 5. The molecule has 5 heteroatoms. The number of hydrogen-bond acceptors (Lipinski definition) is 3. The number of hydrogen-bond donors (Lipinski definition) is 0. The summed E-state index contributed by atoms with van der Waals surface area (Å²) < 4.78 is 13.1. The molecule has 0 aliphatic carbocycles. The SMILES string of the molecule is CCOCC(=O)N1Cc2cccn2CC(OCC)C1. The van der Waals surface area contributed by atoms with Crippen molar-refractivity contribution in [1.29, 1.82) is 0 Å². The number of carbonyl (C=O) groups excluding carboxylic acids is 1. The molecule has 19 heavy (non-hydrogen) atoms. The molecule has 0 bridgehead atoms. The van der Waals surface area contributed by atoms with E-state index in [2.05, 4.69) is 10.6 Å². The highest BCUT2D eigenvalue weighted by Gasteiger charge is 2.24. The summed E-state index contributed by atoms with van der Waals surface area (Å²) >= 11 is 0. The van der Waals surface area contributed by atoms with Crippen LogP contribution in [0.2, 0.25) is 0 Å². The zero-order valence-corrected chi connectivity index (χ0v) is 11.7. The number of amides is 1. The minimum absolute atomic E-state index is 0.0289. The number of fused-ring (bicyclic) bond motifs is 1. The fraction of sp³-hybridized carbons (Fsp3) is 0.643. The van der Waals surface area contributed by atoms with Crippen LogP contribution < -0.4 is 0 Å². The van der Waals surface area contributed by atoms with E-state index in [1.54, 1.807) is 0 Å². The molecular formula is C14H22N2O3. The molecule has 0 radical (unpaired) electrons. The van der Waals surface area contributed by atoms with Gasteiger partial charge in [-0.15, -0.1) is 0 Å². The molecular weight excluding hydrogens is 244 g/mol. The van der Waals surface area contributed by atoms with Gasteiger partial charge in [0, 0.05) is 31.6 Å². The minimum atomic E-state index is 0.0289. The van der Waals surface area contributed by atoms with Crippen molar-refractivity contribution in [2.45, 2.75) is 33.0 Å². The Morgan fingerprint density at radius 1 is 1.37 bits per heavy atom. The second-order valence-corrected chi connectivity index (χ2v) is 4.64. The molecule has 106 valence electrons. The van der Waals surface area contributed by atoms with Crippen molar-refractivity contribution in [1.82, 2.24) is 9.47 Å². The number of nitrogens with zero attached hydrogens (tertiary/aromatic N) is 2. The maximum atomic E-state index is 12.1. The first kappa shape index (κ1) is 14.1. The van der Waals surface area contributed by atoms with Gasteiger partial charge in [-0.25, -0.2) is 0 Å². The van der Waals surface area contributed by atoms with Gasteiger partial charge in [-0.2, -0.15) is 0 Å². The summed E-state index contributed by atoms with van der Waals surface area (Å²) in [5.41, 5.74) is 1.15. The predicted molar refractivity (Wildman–Crippen MR) is 71.8 cm³/mol. The van der Waals surface area contributed by atoms with Crippen LogP contribution in [-0.2, 0) is 27.4 Å². The van der Waals surface area contributed by atoms with Crippen molar-refractivity contribution in [2.24, 2.45) is 0 Å². The number of aromatic nitrogens is 1. The van der Waals surface area contributed by atoms with Crippen LogP contribution in [0.5, 0.6) is 0 Å². The first-order valence-electron chi connectivity index (χ1n) is 6.85. The normalized spacial score (nSPS) is 19.1. The van der Waals surface area contributed by atoms with Crippen LogP contribution in [0.3, 0.4) is 0 Å². The molecule has 0 fully saturated rings. The maximum Gasteiger partial charge on any atom is 0.249 e. The lowest BCUT2D eigenvalue weighted by atomic mass is 10.3. The number of carbonyl (C=O) groups is 1. The van der Waals surface area contributed by atoms with E-state index in [9.17, 15) is 4.79 Å². The Bertz CT molecular complexity index is 417. The molecule has 1 aromatic rings. The summed E-state index contributed by atoms with van der Waals surface area (Å²) in [7, 11) is 0. The lowest BCUT2D eigenvalue weighted by molar-refractivity contribution is -0.138. The average Bonchev–Trinajstić information content (AvgIpc) is 2.75. The quantitative estimate of drug-likeness (QED) is 0.806. The monoisotopic (exact) mass is 266 g/mol. The summed E-state index contributed by atoms with van der Waals surface area (Å²) in [6, 6.07) is 4.06. The van der Waals surface area contributed by atoms with E-state index < -0.39 is 0 Å². The molecule has 2 rings (SSSR count). The van der Waals surface area contributed by atoms with E-state index in [1.807, 2.05) is 31.0 Å². The Morgan fingerprint density at radius 2 is 2.21 bits per heavy atom. The molecule has 0 N–H and O–H groups in total. The fourth-order valence-electron chi connectivity index (χ4n) is 2.37. The molecule has 2 heterocycles. The van der Waals surface area contributed by atoms with Crippen molar-refractivity contribution in [3.8, 4) is 0 Å². The summed E-state index contributed by atoms with van der Waals surface area (Å²) in [4.78, 5) is 14.0. The van der Waals surface area contributed by atoms with Gasteiger partial charge in [0.15, 0.2) is 0 Å². The van der Waals surface area contributed by atoms with Crippen molar-refractivity contribution in [3.05, 3.63) is 24.0 Å². The lowest BCUT2D eigenvalue weighted by Gasteiger charge is -2.24. The summed E-state index contributed by atoms with van der Waals surface area (Å²) in [6.45, 7) is 7.30. The van der Waals surface area contributed by atoms with Crippen LogP contribution in [-0.4, -0.2) is 47.8 Å². The molecule has 1 aliphatic rings. The summed E-state index contributed by atoms with van der Waals surface area (Å²) in [5, 5.41) is 0. The highest BCUT2D eigenvalue weighted by atomic mass is 16.5. The molecule has 1 aromatic heterocycles. The van der Waals surface area contributed by atoms with Crippen LogP contribution in [0.25, 0.3) is 0 Å². The lowest BCUT2D eigenvalue weighted by Crippen LogP contribution is -2.39. The van der Waals surface area contributed by atoms with E-state index in [4.69, 9.17) is 9.47 Å². The third kappa shape index (κ3) is 3.58. The van der Waals surface area contributed by atoms with Gasteiger partial charge in [-0.05, 0) is 26.0 Å². The van der Waals surface area contributed by atoms with E-state index in [-0.39, 0.29) is 18.6 Å². The molecule has 5 nitrogen and oxygen atoms in total. The standard InChI is InChI=1S/C14H22N2O3/c1-3-18-11-14(17)16-8-12-6-5-7-15(12)9-13(10-16)19-4-2/h5-7,13H,3-4,8-11H2,1-2H3. The van der Waals surface area contributed by atoms with Crippen LogP contribution in [0.1, 0.15) is 19.5 Å². The first-order valence-corrected chi connectivity index (χ1v) is 6.85. The summed E-state index contributed by atoms with van der Waals surface area (Å²) in [5.74, 6) is 0.0289. The van der Waals surface area contributed by atoms with Gasteiger partial charge in [0.05, 0.1) is 19.2 Å². The molecule has 1 amide bonds. The molecule has 0 spiro atoms. The summed E-state index contributed by atoms with van der Waals surface area (Å²) in [6.07, 6.45) is 2.09. The van der Waals surface area contributed by atoms with Crippen LogP contribution in [0, 0.1) is 0 Å². The number of ether oxygens (including phenoxy) is 2. The molecule has 1 aliphatic heterocycles. The fourth-order valence-corrected chi connectivity index (χ4v) is 2.37. The Hall–Kier alpha value is -1.33. The second kappa shape index (κ2) is 6.73. The average molecular weight is 266 g/mol. The van der Waals surface area contributed by atoms with Crippen LogP contribution in [0.4, 0.5) is 0 Å². The van der Waals surface area contributed by atoms with Gasteiger partial charge < -0.3 is 18.9 Å². The Morgan fingerprint density at radius 3 is 2.95 bits per heavy atom. The molecule has 1 unspecified atom stereocenters. The van der Waals surface area contributed by atoms with Gasteiger partial charge in [0.25, 0.3) is 0 Å². The molecule has 0 aromatic carbocycles. The zero-order chi connectivity index (χ0) is 13.7. The highest BCUT2D eigenvalue weighted by Crippen LogP contribution is 2.15. The van der Waals surface area contributed by atoms with Crippen molar-refractivity contribution < 1.29 is 14.3 Å². The Balaban J connectivity index is 2.08. The Labute approximate surface area is 114 Å². The van der Waals surface area contributed by atoms with E-state index >= 15 is 0 Å². The molecule has 0 saturated carbocycles. The van der Waals surface area contributed by atoms with Crippen molar-refractivity contribution >= 4 is 5.91 Å².